The molecule has 0 radical (unpaired) electrons. The summed E-state index contributed by atoms with van der Waals surface area (Å²) in [5.41, 5.74) is 4.08. The second kappa shape index (κ2) is 8.00. The van der Waals surface area contributed by atoms with Gasteiger partial charge in [-0.1, -0.05) is 30.7 Å². The Hall–Kier alpha value is -1.09. The monoisotopic (exact) mass is 466 g/mol. The van der Waals surface area contributed by atoms with Crippen LogP contribution in [0, 0.1) is 40.5 Å². The number of rotatable bonds is 2. The Morgan fingerprint density at radius 1 is 1.06 bits per heavy atom. The molecule has 4 fully saturated rings. The molecule has 170 valence electrons. The van der Waals surface area contributed by atoms with Crippen molar-refractivity contribution < 1.29 is 5.11 Å². The van der Waals surface area contributed by atoms with Gasteiger partial charge in [0.2, 0.25) is 0 Å². The Balaban J connectivity index is 1.39. The zero-order valence-electron chi connectivity index (χ0n) is 18.9. The molecule has 32 heavy (non-hydrogen) atoms. The van der Waals surface area contributed by atoms with Crippen LogP contribution in [0.15, 0.2) is 35.9 Å². The third-order valence-corrected chi connectivity index (χ3v) is 13.1. The van der Waals surface area contributed by atoms with Crippen LogP contribution in [-0.2, 0) is 0 Å². The Kier molecular flexibility index (Phi) is 5.36. The van der Waals surface area contributed by atoms with Crippen LogP contribution in [0.4, 0.5) is 5.69 Å². The van der Waals surface area contributed by atoms with Crippen molar-refractivity contribution >= 4 is 29.2 Å². The summed E-state index contributed by atoms with van der Waals surface area (Å²) in [5.74, 6) is 5.91. The van der Waals surface area contributed by atoms with Crippen molar-refractivity contribution in [1.82, 2.24) is 0 Å². The number of nitriles is 1. The van der Waals surface area contributed by atoms with Crippen molar-refractivity contribution in [3.05, 3.63) is 41.5 Å². The molecular formula is C27H34N2OS2. The quantitative estimate of drug-likeness (QED) is 0.301. The van der Waals surface area contributed by atoms with Gasteiger partial charge in [-0.2, -0.15) is 5.26 Å². The fourth-order valence-corrected chi connectivity index (χ4v) is 11.5. The summed E-state index contributed by atoms with van der Waals surface area (Å²) in [6, 6.07) is 8.62. The summed E-state index contributed by atoms with van der Waals surface area (Å²) >= 11 is 4.38. The van der Waals surface area contributed by atoms with E-state index in [9.17, 15) is 5.11 Å². The third-order valence-electron chi connectivity index (χ3n) is 9.73. The lowest BCUT2D eigenvalue weighted by Crippen LogP contribution is -2.51. The third kappa shape index (κ3) is 3.28. The van der Waals surface area contributed by atoms with Gasteiger partial charge in [-0.3, -0.25) is 5.32 Å². The number of benzene rings is 1. The standard InChI is InChI=1S/C27H34N2OS2/c1-26-15-22(17-2-5-19(6-3-17)29-16-28)25-20-10-11-27(31-12-13-32-27)14-18(20)4-7-21(25)23(26)8-9-24(26)30/h2-3,5-6,14,20-25,29-30H,4,7-13,15H2,1H3/t20-,21-,22+,23-,24?,25+,26-/m0/s1. The SMILES string of the molecule is C[C@]12C[C@H](c3ccc(NC#N)cc3)[C@H]3[C@@H](CCC4=CC5(CC[C@@H]43)SCCS5)[C@@H]1CCC2O. The summed E-state index contributed by atoms with van der Waals surface area (Å²) in [7, 11) is 0. The van der Waals surface area contributed by atoms with Crippen LogP contribution < -0.4 is 5.32 Å². The van der Waals surface area contributed by atoms with E-state index in [1.54, 1.807) is 5.57 Å². The molecule has 7 atom stereocenters. The molecule has 6 rings (SSSR count). The highest BCUT2D eigenvalue weighted by molar-refractivity contribution is 8.21. The van der Waals surface area contributed by atoms with Gasteiger partial charge in [0.25, 0.3) is 0 Å². The van der Waals surface area contributed by atoms with E-state index in [1.165, 1.54) is 49.2 Å². The lowest BCUT2D eigenvalue weighted by Gasteiger charge is -2.57. The number of aliphatic hydroxyl groups excluding tert-OH is 1. The number of nitrogens with zero attached hydrogens (tertiary/aromatic N) is 1. The van der Waals surface area contributed by atoms with E-state index in [-0.39, 0.29) is 11.5 Å². The number of allylic oxidation sites excluding steroid dienone is 1. The topological polar surface area (TPSA) is 56.0 Å². The van der Waals surface area contributed by atoms with Crippen LogP contribution in [0.1, 0.15) is 63.4 Å². The van der Waals surface area contributed by atoms with Crippen LogP contribution >= 0.6 is 23.5 Å². The molecule has 4 aliphatic carbocycles. The molecule has 1 aliphatic heterocycles. The van der Waals surface area contributed by atoms with Gasteiger partial charge in [0, 0.05) is 17.2 Å². The van der Waals surface area contributed by atoms with E-state index in [2.05, 4.69) is 66.1 Å². The molecule has 0 bridgehead atoms. The summed E-state index contributed by atoms with van der Waals surface area (Å²) < 4.78 is 0.367. The van der Waals surface area contributed by atoms with E-state index in [1.807, 2.05) is 6.19 Å². The highest BCUT2D eigenvalue weighted by Crippen LogP contribution is 2.67. The Morgan fingerprint density at radius 3 is 2.59 bits per heavy atom. The smallest absolute Gasteiger partial charge is 0.181 e. The summed E-state index contributed by atoms with van der Waals surface area (Å²) in [4.78, 5) is 0. The fourth-order valence-electron chi connectivity index (χ4n) is 8.33. The summed E-state index contributed by atoms with van der Waals surface area (Å²) in [6.45, 7) is 2.39. The second-order valence-corrected chi connectivity index (χ2v) is 14.1. The molecule has 3 nitrogen and oxygen atoms in total. The highest BCUT2D eigenvalue weighted by Gasteiger charge is 2.59. The molecule has 0 amide bonds. The number of thioether (sulfide) groups is 2. The highest BCUT2D eigenvalue weighted by atomic mass is 32.2. The van der Waals surface area contributed by atoms with Gasteiger partial charge in [0.15, 0.2) is 6.19 Å². The number of aliphatic hydroxyl groups is 1. The largest absolute Gasteiger partial charge is 0.393 e. The minimum atomic E-state index is -0.159. The normalized spacial score (nSPS) is 41.8. The lowest BCUT2D eigenvalue weighted by molar-refractivity contribution is -0.0659. The van der Waals surface area contributed by atoms with Gasteiger partial charge in [0.1, 0.15) is 0 Å². The van der Waals surface area contributed by atoms with Gasteiger partial charge in [0.05, 0.1) is 10.2 Å². The summed E-state index contributed by atoms with van der Waals surface area (Å²) in [5, 5.41) is 22.8. The van der Waals surface area contributed by atoms with E-state index in [0.29, 0.717) is 27.8 Å². The predicted octanol–water partition coefficient (Wildman–Crippen LogP) is 6.38. The molecule has 3 saturated carbocycles. The predicted molar refractivity (Wildman–Crippen MR) is 135 cm³/mol. The molecule has 2 N–H and O–H groups in total. The van der Waals surface area contributed by atoms with E-state index in [4.69, 9.17) is 5.26 Å². The van der Waals surface area contributed by atoms with E-state index < -0.39 is 0 Å². The number of hydrogen-bond donors (Lipinski definition) is 2. The van der Waals surface area contributed by atoms with Crippen molar-refractivity contribution in [1.29, 1.82) is 5.26 Å². The molecule has 5 aliphatic rings. The van der Waals surface area contributed by atoms with Gasteiger partial charge in [-0.05, 0) is 97.6 Å². The molecule has 0 aromatic heterocycles. The molecule has 1 aromatic rings. The number of hydrogen-bond acceptors (Lipinski definition) is 5. The number of nitrogens with one attached hydrogen (secondary N) is 1. The molecule has 1 aromatic carbocycles. The van der Waals surface area contributed by atoms with Crippen molar-refractivity contribution in [3.63, 3.8) is 0 Å². The van der Waals surface area contributed by atoms with Crippen LogP contribution in [0.3, 0.4) is 0 Å². The maximum absolute atomic E-state index is 11.1. The number of anilines is 1. The maximum Gasteiger partial charge on any atom is 0.181 e. The number of fused-ring (bicyclic) bond motifs is 5. The first-order valence-electron chi connectivity index (χ1n) is 12.5. The average molecular weight is 467 g/mol. The first-order chi connectivity index (χ1) is 15.5. The van der Waals surface area contributed by atoms with Crippen LogP contribution in [0.25, 0.3) is 0 Å². The fraction of sp³-hybridized carbons (Fsp3) is 0.667. The van der Waals surface area contributed by atoms with Gasteiger partial charge in [-0.15, -0.1) is 23.5 Å². The van der Waals surface area contributed by atoms with Gasteiger partial charge in [-0.25, -0.2) is 0 Å². The lowest BCUT2D eigenvalue weighted by atomic mass is 9.48. The maximum atomic E-state index is 11.1. The zero-order valence-corrected chi connectivity index (χ0v) is 20.6. The van der Waals surface area contributed by atoms with Crippen LogP contribution in [0.5, 0.6) is 0 Å². The molecule has 1 unspecified atom stereocenters. The van der Waals surface area contributed by atoms with Crippen LogP contribution in [0.2, 0.25) is 0 Å². The minimum absolute atomic E-state index is 0.0453. The van der Waals surface area contributed by atoms with Crippen LogP contribution in [-0.4, -0.2) is 26.8 Å². The molecular weight excluding hydrogens is 432 g/mol. The first-order valence-corrected chi connectivity index (χ1v) is 14.4. The zero-order chi connectivity index (χ0) is 21.9. The second-order valence-electron chi connectivity index (χ2n) is 11.0. The molecule has 1 spiro atoms. The first kappa shape index (κ1) is 21.4. The average Bonchev–Trinajstić information content (AvgIpc) is 3.37. The Labute approximate surface area is 200 Å². The van der Waals surface area contributed by atoms with Crippen molar-refractivity contribution in [2.24, 2.45) is 29.1 Å². The van der Waals surface area contributed by atoms with Gasteiger partial charge >= 0.3 is 0 Å². The van der Waals surface area contributed by atoms with Crippen molar-refractivity contribution in [2.45, 2.75) is 68.0 Å². The summed E-state index contributed by atoms with van der Waals surface area (Å²) in [6.07, 6.45) is 13.1. The van der Waals surface area contributed by atoms with Gasteiger partial charge < -0.3 is 5.11 Å². The minimum Gasteiger partial charge on any atom is -0.393 e. The molecule has 1 heterocycles. The molecule has 1 saturated heterocycles. The van der Waals surface area contributed by atoms with E-state index >= 15 is 0 Å². The van der Waals surface area contributed by atoms with Crippen molar-refractivity contribution in [3.8, 4) is 6.19 Å². The Morgan fingerprint density at radius 2 is 1.84 bits per heavy atom. The molecule has 5 heteroatoms. The Bertz CT molecular complexity index is 947. The van der Waals surface area contributed by atoms with E-state index in [0.717, 1.165) is 24.4 Å². The van der Waals surface area contributed by atoms with Crippen molar-refractivity contribution in [2.75, 3.05) is 16.8 Å².